The summed E-state index contributed by atoms with van der Waals surface area (Å²) in [5.41, 5.74) is 1.28. The molecule has 0 saturated heterocycles. The first-order valence-corrected chi connectivity index (χ1v) is 9.17. The van der Waals surface area contributed by atoms with Crippen LogP contribution in [0.1, 0.15) is 46.5 Å². The summed E-state index contributed by atoms with van der Waals surface area (Å²) >= 11 is 0. The van der Waals surface area contributed by atoms with Crippen LogP contribution in [0.3, 0.4) is 0 Å². The summed E-state index contributed by atoms with van der Waals surface area (Å²) in [6.45, 7) is 7.33. The van der Waals surface area contributed by atoms with Crippen molar-refractivity contribution in [2.75, 3.05) is 11.9 Å². The maximum absolute atomic E-state index is 12.4. The lowest BCUT2D eigenvalue weighted by molar-refractivity contribution is 0.218. The Bertz CT molecular complexity index is 554. The van der Waals surface area contributed by atoms with Gasteiger partial charge in [-0.2, -0.15) is 0 Å². The third-order valence-corrected chi connectivity index (χ3v) is 5.74. The second-order valence-corrected chi connectivity index (χ2v) is 8.33. The zero-order valence-electron chi connectivity index (χ0n) is 13.1. The molecule has 21 heavy (non-hydrogen) atoms. The molecule has 0 aromatic heterocycles. The van der Waals surface area contributed by atoms with Crippen molar-refractivity contribution in [3.05, 3.63) is 24.3 Å². The number of rotatable bonds is 5. The van der Waals surface area contributed by atoms with E-state index < -0.39 is 10.0 Å². The Balaban J connectivity index is 2.01. The number of benzene rings is 1. The molecule has 0 unspecified atom stereocenters. The topological polar surface area (TPSA) is 58.2 Å². The molecule has 1 aromatic carbocycles. The van der Waals surface area contributed by atoms with E-state index in [1.165, 1.54) is 0 Å². The first-order valence-electron chi connectivity index (χ1n) is 7.69. The van der Waals surface area contributed by atoms with Crippen LogP contribution in [0.4, 0.5) is 5.69 Å². The monoisotopic (exact) mass is 310 g/mol. The minimum Gasteiger partial charge on any atom is -0.385 e. The molecule has 118 valence electrons. The van der Waals surface area contributed by atoms with Gasteiger partial charge in [0.2, 0.25) is 10.0 Å². The molecule has 1 saturated carbocycles. The van der Waals surface area contributed by atoms with Crippen molar-refractivity contribution in [1.82, 2.24) is 4.72 Å². The van der Waals surface area contributed by atoms with Crippen molar-refractivity contribution >= 4 is 15.7 Å². The average molecular weight is 310 g/mol. The first kappa shape index (κ1) is 16.3. The van der Waals surface area contributed by atoms with Gasteiger partial charge in [0.1, 0.15) is 0 Å². The molecule has 2 rings (SSSR count). The fourth-order valence-electron chi connectivity index (χ4n) is 2.76. The van der Waals surface area contributed by atoms with Gasteiger partial charge >= 0.3 is 0 Å². The van der Waals surface area contributed by atoms with E-state index in [9.17, 15) is 8.42 Å². The molecule has 4 nitrogen and oxygen atoms in total. The second-order valence-electron chi connectivity index (χ2n) is 6.61. The number of nitrogens with one attached hydrogen (secondary N) is 2. The van der Waals surface area contributed by atoms with Gasteiger partial charge in [0.15, 0.2) is 0 Å². The van der Waals surface area contributed by atoms with Crippen LogP contribution in [-0.2, 0) is 10.0 Å². The molecular weight excluding hydrogens is 284 g/mol. The smallest absolute Gasteiger partial charge is 0.240 e. The Labute approximate surface area is 128 Å². The Hall–Kier alpha value is -1.07. The van der Waals surface area contributed by atoms with E-state index in [-0.39, 0.29) is 6.04 Å². The molecule has 5 heteroatoms. The molecule has 0 aliphatic heterocycles. The van der Waals surface area contributed by atoms with Crippen molar-refractivity contribution in [3.63, 3.8) is 0 Å². The van der Waals surface area contributed by atoms with Gasteiger partial charge in [0.25, 0.3) is 0 Å². The second kappa shape index (κ2) is 6.36. The molecular formula is C16H26N2O2S. The minimum absolute atomic E-state index is 0.0662. The molecule has 0 radical (unpaired) electrons. The molecule has 0 amide bonds. The van der Waals surface area contributed by atoms with Crippen LogP contribution in [0.5, 0.6) is 0 Å². The number of sulfonamides is 1. The van der Waals surface area contributed by atoms with Crippen LogP contribution < -0.4 is 10.0 Å². The van der Waals surface area contributed by atoms with E-state index in [2.05, 4.69) is 23.9 Å². The van der Waals surface area contributed by atoms with E-state index >= 15 is 0 Å². The SMILES string of the molecule is CCNc1ccc(S(=O)(=O)NC2CCC(C)(C)CC2)cc1. The molecule has 1 aliphatic rings. The highest BCUT2D eigenvalue weighted by Gasteiger charge is 2.29. The molecule has 1 fully saturated rings. The quantitative estimate of drug-likeness (QED) is 0.876. The minimum atomic E-state index is -3.41. The molecule has 1 aliphatic carbocycles. The van der Waals surface area contributed by atoms with Gasteiger partial charge in [-0.3, -0.25) is 0 Å². The standard InChI is InChI=1S/C16H26N2O2S/c1-4-17-13-5-7-15(8-6-13)21(19,20)18-14-9-11-16(2,3)12-10-14/h5-8,14,17-18H,4,9-12H2,1-3H3. The lowest BCUT2D eigenvalue weighted by atomic mass is 9.76. The molecule has 2 N–H and O–H groups in total. The molecule has 0 atom stereocenters. The summed E-state index contributed by atoms with van der Waals surface area (Å²) in [4.78, 5) is 0.342. The zero-order chi connectivity index (χ0) is 15.5. The summed E-state index contributed by atoms with van der Waals surface area (Å²) in [5.74, 6) is 0. The van der Waals surface area contributed by atoms with Gasteiger partial charge in [-0.1, -0.05) is 13.8 Å². The van der Waals surface area contributed by atoms with Gasteiger partial charge in [-0.05, 0) is 62.3 Å². The van der Waals surface area contributed by atoms with Crippen LogP contribution in [0, 0.1) is 5.41 Å². The predicted molar refractivity (Wildman–Crippen MR) is 87.0 cm³/mol. The lowest BCUT2D eigenvalue weighted by Gasteiger charge is -2.34. The van der Waals surface area contributed by atoms with Crippen molar-refractivity contribution < 1.29 is 8.42 Å². The third-order valence-electron chi connectivity index (χ3n) is 4.21. The fourth-order valence-corrected chi connectivity index (χ4v) is 4.07. The summed E-state index contributed by atoms with van der Waals surface area (Å²) in [6, 6.07) is 7.00. The zero-order valence-corrected chi connectivity index (χ0v) is 14.0. The highest BCUT2D eigenvalue weighted by molar-refractivity contribution is 7.89. The number of anilines is 1. The van der Waals surface area contributed by atoms with E-state index in [4.69, 9.17) is 0 Å². The summed E-state index contributed by atoms with van der Waals surface area (Å²) in [6.07, 6.45) is 3.97. The van der Waals surface area contributed by atoms with Crippen molar-refractivity contribution in [2.24, 2.45) is 5.41 Å². The van der Waals surface area contributed by atoms with Gasteiger partial charge in [0.05, 0.1) is 4.90 Å². The molecule has 1 aromatic rings. The van der Waals surface area contributed by atoms with Crippen molar-refractivity contribution in [2.45, 2.75) is 57.4 Å². The summed E-state index contributed by atoms with van der Waals surface area (Å²) < 4.78 is 27.7. The first-order chi connectivity index (χ1) is 9.82. The Kier molecular flexibility index (Phi) is 4.94. The van der Waals surface area contributed by atoms with Crippen LogP contribution in [-0.4, -0.2) is 21.0 Å². The van der Waals surface area contributed by atoms with E-state index in [1.807, 2.05) is 19.1 Å². The lowest BCUT2D eigenvalue weighted by Crippen LogP contribution is -2.39. The maximum Gasteiger partial charge on any atom is 0.240 e. The highest BCUT2D eigenvalue weighted by Crippen LogP contribution is 2.35. The fraction of sp³-hybridized carbons (Fsp3) is 0.625. The predicted octanol–water partition coefficient (Wildman–Crippen LogP) is 3.37. The van der Waals surface area contributed by atoms with E-state index in [0.717, 1.165) is 37.9 Å². The van der Waals surface area contributed by atoms with Crippen LogP contribution in [0.2, 0.25) is 0 Å². The number of hydrogen-bond donors (Lipinski definition) is 2. The van der Waals surface area contributed by atoms with Gasteiger partial charge < -0.3 is 5.32 Å². The van der Waals surface area contributed by atoms with Crippen LogP contribution in [0.15, 0.2) is 29.2 Å². The van der Waals surface area contributed by atoms with Gasteiger partial charge in [-0.25, -0.2) is 13.1 Å². The Morgan fingerprint density at radius 2 is 1.71 bits per heavy atom. The summed E-state index contributed by atoms with van der Waals surface area (Å²) in [7, 11) is -3.41. The Morgan fingerprint density at radius 1 is 1.14 bits per heavy atom. The number of hydrogen-bond acceptors (Lipinski definition) is 3. The maximum atomic E-state index is 12.4. The van der Waals surface area contributed by atoms with Crippen LogP contribution >= 0.6 is 0 Å². The highest BCUT2D eigenvalue weighted by atomic mass is 32.2. The molecule has 0 heterocycles. The average Bonchev–Trinajstić information content (AvgIpc) is 2.42. The van der Waals surface area contributed by atoms with Gasteiger partial charge in [-0.15, -0.1) is 0 Å². The van der Waals surface area contributed by atoms with Gasteiger partial charge in [0, 0.05) is 18.3 Å². The molecule has 0 bridgehead atoms. The summed E-state index contributed by atoms with van der Waals surface area (Å²) in [5, 5.41) is 3.16. The largest absolute Gasteiger partial charge is 0.385 e. The molecule has 0 spiro atoms. The normalized spacial score (nSPS) is 19.4. The van der Waals surface area contributed by atoms with Crippen molar-refractivity contribution in [3.8, 4) is 0 Å². The van der Waals surface area contributed by atoms with E-state index in [0.29, 0.717) is 10.3 Å². The Morgan fingerprint density at radius 3 is 2.24 bits per heavy atom. The van der Waals surface area contributed by atoms with E-state index in [1.54, 1.807) is 12.1 Å². The van der Waals surface area contributed by atoms with Crippen molar-refractivity contribution in [1.29, 1.82) is 0 Å². The third kappa shape index (κ3) is 4.45. The van der Waals surface area contributed by atoms with Crippen LogP contribution in [0.25, 0.3) is 0 Å².